The summed E-state index contributed by atoms with van der Waals surface area (Å²) in [5.74, 6) is -1.95. The predicted octanol–water partition coefficient (Wildman–Crippen LogP) is 0.472. The molecule has 0 saturated heterocycles. The smallest absolute Gasteiger partial charge is 0.430 e. The van der Waals surface area contributed by atoms with Crippen molar-refractivity contribution in [1.29, 1.82) is 0 Å². The lowest BCUT2D eigenvalue weighted by Crippen LogP contribution is -2.39. The Bertz CT molecular complexity index is 396. The molecule has 0 bridgehead atoms. The highest BCUT2D eigenvalue weighted by atomic mass is 32.2. The van der Waals surface area contributed by atoms with Crippen LogP contribution in [0.25, 0.3) is 0 Å². The van der Waals surface area contributed by atoms with E-state index in [0.717, 1.165) is 0 Å². The predicted molar refractivity (Wildman–Crippen MR) is 84.6 cm³/mol. The molecule has 0 aromatic rings. The van der Waals surface area contributed by atoms with Gasteiger partial charge in [-0.3, -0.25) is 4.90 Å². The molecule has 0 rings (SSSR count). The van der Waals surface area contributed by atoms with Crippen LogP contribution < -0.4 is 0 Å². The van der Waals surface area contributed by atoms with Crippen molar-refractivity contribution in [3.63, 3.8) is 0 Å². The molecule has 0 aromatic heterocycles. The van der Waals surface area contributed by atoms with Crippen LogP contribution >= 0.6 is 0 Å². The van der Waals surface area contributed by atoms with Gasteiger partial charge in [0.1, 0.15) is 5.75 Å². The molecule has 22 heavy (non-hydrogen) atoms. The van der Waals surface area contributed by atoms with Gasteiger partial charge in [-0.25, -0.2) is 14.4 Å². The average molecular weight is 354 g/mol. The van der Waals surface area contributed by atoms with E-state index in [1.165, 1.54) is 9.80 Å². The highest BCUT2D eigenvalue weighted by Gasteiger charge is 2.29. The first-order chi connectivity index (χ1) is 10.2. The molecule has 2 atom stereocenters. The number of carbonyl (C=O) groups is 3. The van der Waals surface area contributed by atoms with E-state index >= 15 is 0 Å². The Morgan fingerprint density at radius 2 is 1.64 bits per heavy atom. The fraction of sp³-hybridized carbons (Fsp3) is 0.750. The molecular weight excluding hydrogens is 332 g/mol. The second-order valence-electron chi connectivity index (χ2n) is 4.41. The minimum Gasteiger partial charge on any atom is -0.608 e. The van der Waals surface area contributed by atoms with Crippen LogP contribution in [0, 0.1) is 0 Å². The topological polar surface area (TPSA) is 124 Å². The summed E-state index contributed by atoms with van der Waals surface area (Å²) in [6.45, 7) is 4.33. The fourth-order valence-corrected chi connectivity index (χ4v) is 3.37. The first-order valence-electron chi connectivity index (χ1n) is 6.77. The Morgan fingerprint density at radius 3 is 2.09 bits per heavy atom. The molecule has 0 spiro atoms. The van der Waals surface area contributed by atoms with Crippen LogP contribution in [0.1, 0.15) is 20.3 Å². The van der Waals surface area contributed by atoms with Crippen LogP contribution in [-0.2, 0) is 27.1 Å². The average Bonchev–Trinajstić information content (AvgIpc) is 2.48. The minimum atomic E-state index is -2.12. The molecule has 0 aliphatic heterocycles. The van der Waals surface area contributed by atoms with Gasteiger partial charge in [-0.05, 0) is 13.8 Å². The summed E-state index contributed by atoms with van der Waals surface area (Å²) in [4.78, 5) is 36.4. The molecule has 2 amide bonds. The maximum Gasteiger partial charge on any atom is 0.430 e. The van der Waals surface area contributed by atoms with E-state index < -0.39 is 44.6 Å². The summed E-state index contributed by atoms with van der Waals surface area (Å²) in [7, 11) is 1.55. The van der Waals surface area contributed by atoms with E-state index in [1.807, 2.05) is 0 Å². The van der Waals surface area contributed by atoms with E-state index in [4.69, 9.17) is 5.11 Å². The minimum absolute atomic E-state index is 0.0958. The van der Waals surface area contributed by atoms with Gasteiger partial charge in [0.15, 0.2) is 0 Å². The number of carbonyl (C=O) groups excluding carboxylic acids is 2. The highest BCUT2D eigenvalue weighted by molar-refractivity contribution is 8.06. The molecule has 0 radical (unpaired) electrons. The number of nitrogens with zero attached hydrogens (tertiary/aromatic N) is 2. The van der Waals surface area contributed by atoms with Crippen LogP contribution in [0.2, 0.25) is 0 Å². The Morgan fingerprint density at radius 1 is 1.05 bits per heavy atom. The summed E-state index contributed by atoms with van der Waals surface area (Å²) < 4.78 is 23.2. The van der Waals surface area contributed by atoms with Crippen molar-refractivity contribution in [3.05, 3.63) is 0 Å². The first-order valence-corrected chi connectivity index (χ1v) is 9.40. The molecule has 8 nitrogen and oxygen atoms in total. The largest absolute Gasteiger partial charge is 0.608 e. The van der Waals surface area contributed by atoms with Gasteiger partial charge in [0.05, 0.1) is 11.2 Å². The number of amides is 2. The van der Waals surface area contributed by atoms with E-state index in [0.29, 0.717) is 13.0 Å². The molecule has 0 aliphatic carbocycles. The third-order valence-electron chi connectivity index (χ3n) is 2.83. The quantitative estimate of drug-likeness (QED) is 0.632. The maximum atomic E-state index is 11.8. The third kappa shape index (κ3) is 7.34. The second-order valence-corrected chi connectivity index (χ2v) is 7.19. The summed E-state index contributed by atoms with van der Waals surface area (Å²) in [5.41, 5.74) is 0. The van der Waals surface area contributed by atoms with Gasteiger partial charge >= 0.3 is 16.4 Å². The third-order valence-corrected chi connectivity index (χ3v) is 5.35. The molecule has 2 unspecified atom stereocenters. The molecule has 0 saturated carbocycles. The van der Waals surface area contributed by atoms with Crippen molar-refractivity contribution < 1.29 is 28.6 Å². The Kier molecular flexibility index (Phi) is 10.2. The van der Waals surface area contributed by atoms with Crippen molar-refractivity contribution in [2.45, 2.75) is 20.3 Å². The summed E-state index contributed by atoms with van der Waals surface area (Å²) >= 11 is -3.79. The summed E-state index contributed by atoms with van der Waals surface area (Å²) in [6, 6.07) is 0. The van der Waals surface area contributed by atoms with Crippen LogP contribution in [0.3, 0.4) is 0 Å². The zero-order chi connectivity index (χ0) is 17.3. The maximum absolute atomic E-state index is 11.8. The van der Waals surface area contributed by atoms with Crippen LogP contribution in [0.15, 0.2) is 0 Å². The van der Waals surface area contributed by atoms with Gasteiger partial charge in [-0.15, -0.1) is 0 Å². The Balaban J connectivity index is 4.33. The van der Waals surface area contributed by atoms with E-state index in [2.05, 4.69) is 0 Å². The monoisotopic (exact) mass is 354 g/mol. The zero-order valence-corrected chi connectivity index (χ0v) is 14.6. The molecule has 0 aliphatic rings. The van der Waals surface area contributed by atoms with Gasteiger partial charge in [-0.1, -0.05) is 0 Å². The lowest BCUT2D eigenvalue weighted by Gasteiger charge is -2.21. The van der Waals surface area contributed by atoms with Gasteiger partial charge in [0.2, 0.25) is 5.75 Å². The van der Waals surface area contributed by atoms with Crippen LogP contribution in [0.5, 0.6) is 0 Å². The molecule has 128 valence electrons. The van der Waals surface area contributed by atoms with Crippen molar-refractivity contribution in [3.8, 4) is 0 Å². The molecule has 10 heteroatoms. The number of hydrogen-bond acceptors (Lipinski definition) is 5. The van der Waals surface area contributed by atoms with Crippen LogP contribution in [-0.4, -0.2) is 78.6 Å². The summed E-state index contributed by atoms with van der Waals surface area (Å²) in [5, 5.41) is 7.30. The van der Waals surface area contributed by atoms with Gasteiger partial charge in [-0.2, -0.15) is 0 Å². The number of rotatable bonds is 8. The molecule has 0 aromatic carbocycles. The number of carboxylic acids is 1. The standard InChI is InChI=1S/C12H22N2O6S2/c1-4-13(3)11(17)21(19)8-6-7-14(5-2)12(18)22(20)9-10(15)16/h4-9H2,1-3H3,(H,15,16). The lowest BCUT2D eigenvalue weighted by atomic mass is 10.4. The van der Waals surface area contributed by atoms with Crippen molar-refractivity contribution in [1.82, 2.24) is 9.80 Å². The number of aliphatic carboxylic acids is 1. The van der Waals surface area contributed by atoms with Gasteiger partial charge in [0.25, 0.3) is 0 Å². The van der Waals surface area contributed by atoms with Crippen LogP contribution in [0.4, 0.5) is 9.59 Å². The summed E-state index contributed by atoms with van der Waals surface area (Å²) in [6.07, 6.45) is 0.305. The molecular formula is C12H22N2O6S2. The Labute approximate surface area is 136 Å². The number of carboxylic acid groups (broad SMARTS) is 1. The van der Waals surface area contributed by atoms with Crippen molar-refractivity contribution >= 4 is 38.8 Å². The Hall–Kier alpha value is -0.970. The van der Waals surface area contributed by atoms with Crippen molar-refractivity contribution in [2.24, 2.45) is 0 Å². The van der Waals surface area contributed by atoms with E-state index in [1.54, 1.807) is 20.9 Å². The number of hydrogen-bond donors (Lipinski definition) is 1. The van der Waals surface area contributed by atoms with E-state index in [9.17, 15) is 23.5 Å². The fourth-order valence-electron chi connectivity index (χ4n) is 1.47. The van der Waals surface area contributed by atoms with E-state index in [-0.39, 0.29) is 18.8 Å². The second kappa shape index (κ2) is 10.7. The molecule has 0 fully saturated rings. The van der Waals surface area contributed by atoms with Gasteiger partial charge in [0, 0.05) is 44.3 Å². The normalized spacial score (nSPS) is 13.3. The first kappa shape index (κ1) is 21.0. The molecule has 1 N–H and O–H groups in total. The van der Waals surface area contributed by atoms with Gasteiger partial charge < -0.3 is 19.1 Å². The lowest BCUT2D eigenvalue weighted by molar-refractivity contribution is -0.134. The van der Waals surface area contributed by atoms with Crippen molar-refractivity contribution in [2.75, 3.05) is 38.2 Å². The zero-order valence-electron chi connectivity index (χ0n) is 12.9. The highest BCUT2D eigenvalue weighted by Crippen LogP contribution is 2.06. The molecule has 0 heterocycles. The SMILES string of the molecule is CCN(C)C(=O)[S+]([O-])CCCN(CC)C(=O)[S+]([O-])CC(=O)O.